The van der Waals surface area contributed by atoms with E-state index in [9.17, 15) is 0 Å². The van der Waals surface area contributed by atoms with Crippen molar-refractivity contribution in [2.45, 2.75) is 38.6 Å². The number of nitrogen functional groups attached to an aromatic ring is 1. The first kappa shape index (κ1) is 14.7. The largest absolute Gasteiger partial charge is 0.398 e. The zero-order valence-corrected chi connectivity index (χ0v) is 12.2. The van der Waals surface area contributed by atoms with E-state index >= 15 is 0 Å². The van der Waals surface area contributed by atoms with Crippen LogP contribution in [0.15, 0.2) is 18.2 Å². The Balaban J connectivity index is 1.91. The Hall–Kier alpha value is -1.73. The summed E-state index contributed by atoms with van der Waals surface area (Å²) in [6, 6.07) is 8.41. The summed E-state index contributed by atoms with van der Waals surface area (Å²) < 4.78 is 0. The van der Waals surface area contributed by atoms with Gasteiger partial charge < -0.3 is 16.0 Å². The van der Waals surface area contributed by atoms with Crippen LogP contribution >= 0.6 is 0 Å². The number of benzene rings is 1. The predicted molar refractivity (Wildman–Crippen MR) is 83.5 cm³/mol. The van der Waals surface area contributed by atoms with Gasteiger partial charge in [-0.25, -0.2) is 0 Å². The molecule has 1 heterocycles. The molecule has 1 aliphatic heterocycles. The summed E-state index contributed by atoms with van der Waals surface area (Å²) in [6.45, 7) is 5.70. The summed E-state index contributed by atoms with van der Waals surface area (Å²) in [5.74, 6) is 0. The first-order valence-electron chi connectivity index (χ1n) is 7.43. The van der Waals surface area contributed by atoms with Crippen LogP contribution in [0.4, 0.5) is 11.4 Å². The molecule has 0 saturated carbocycles. The molecular formula is C16H24N4. The van der Waals surface area contributed by atoms with Crippen molar-refractivity contribution >= 4 is 11.4 Å². The van der Waals surface area contributed by atoms with Crippen LogP contribution in [0, 0.1) is 11.3 Å². The number of hydrogen-bond acceptors (Lipinski definition) is 4. The second kappa shape index (κ2) is 7.16. The zero-order valence-electron chi connectivity index (χ0n) is 12.2. The number of likely N-dealkylation sites (tertiary alicyclic amines) is 1. The van der Waals surface area contributed by atoms with E-state index in [2.05, 4.69) is 23.2 Å². The molecule has 4 heteroatoms. The molecule has 2 rings (SSSR count). The van der Waals surface area contributed by atoms with Gasteiger partial charge in [-0.2, -0.15) is 5.26 Å². The number of nitrogens with one attached hydrogen (secondary N) is 1. The third-order valence-electron chi connectivity index (χ3n) is 3.81. The van der Waals surface area contributed by atoms with Crippen molar-refractivity contribution in [2.75, 3.05) is 30.7 Å². The molecule has 1 fully saturated rings. The smallest absolute Gasteiger partial charge is 0.0670 e. The van der Waals surface area contributed by atoms with Gasteiger partial charge in [-0.1, -0.05) is 6.42 Å². The van der Waals surface area contributed by atoms with E-state index in [1.54, 1.807) is 0 Å². The fourth-order valence-corrected chi connectivity index (χ4v) is 2.79. The number of nitrogens with zero attached hydrogens (tertiary/aromatic N) is 2. The molecule has 0 radical (unpaired) electrons. The summed E-state index contributed by atoms with van der Waals surface area (Å²) >= 11 is 0. The molecule has 0 spiro atoms. The van der Waals surface area contributed by atoms with Gasteiger partial charge >= 0.3 is 0 Å². The SMILES string of the molecule is CC(CN1CCCCC1)Nc1ccc(N)c(CC#N)c1. The summed E-state index contributed by atoms with van der Waals surface area (Å²) in [7, 11) is 0. The fraction of sp³-hybridized carbons (Fsp3) is 0.562. The van der Waals surface area contributed by atoms with E-state index in [1.165, 1.54) is 32.4 Å². The standard InChI is InChI=1S/C16H24N4/c1-13(12-20-9-3-2-4-10-20)19-15-5-6-16(18)14(11-15)7-8-17/h5-6,11,13,19H,2-4,7,9-10,12,18H2,1H3. The highest BCUT2D eigenvalue weighted by molar-refractivity contribution is 5.58. The van der Waals surface area contributed by atoms with Crippen molar-refractivity contribution < 1.29 is 0 Å². The molecule has 1 atom stereocenters. The van der Waals surface area contributed by atoms with Crippen molar-refractivity contribution in [3.8, 4) is 6.07 Å². The van der Waals surface area contributed by atoms with Crippen molar-refractivity contribution in [1.82, 2.24) is 4.90 Å². The van der Waals surface area contributed by atoms with E-state index in [0.29, 0.717) is 18.2 Å². The van der Waals surface area contributed by atoms with Gasteiger partial charge in [0.15, 0.2) is 0 Å². The lowest BCUT2D eigenvalue weighted by Crippen LogP contribution is -2.38. The van der Waals surface area contributed by atoms with E-state index in [0.717, 1.165) is 17.8 Å². The first-order valence-corrected chi connectivity index (χ1v) is 7.43. The normalized spacial score (nSPS) is 17.4. The maximum atomic E-state index is 8.80. The molecule has 0 amide bonds. The van der Waals surface area contributed by atoms with E-state index in [4.69, 9.17) is 11.0 Å². The monoisotopic (exact) mass is 272 g/mol. The Morgan fingerprint density at radius 2 is 2.10 bits per heavy atom. The van der Waals surface area contributed by atoms with Gasteiger partial charge in [0.2, 0.25) is 0 Å². The Kier molecular flexibility index (Phi) is 5.25. The number of rotatable bonds is 5. The van der Waals surface area contributed by atoms with Crippen LogP contribution in [0.3, 0.4) is 0 Å². The predicted octanol–water partition coefficient (Wildman–Crippen LogP) is 2.62. The van der Waals surface area contributed by atoms with Crippen LogP contribution in [0.5, 0.6) is 0 Å². The summed E-state index contributed by atoms with van der Waals surface area (Å²) in [5, 5.41) is 12.3. The minimum atomic E-state index is 0.363. The zero-order chi connectivity index (χ0) is 14.4. The molecule has 4 nitrogen and oxygen atoms in total. The molecule has 20 heavy (non-hydrogen) atoms. The summed E-state index contributed by atoms with van der Waals surface area (Å²) in [5.41, 5.74) is 8.52. The molecule has 1 aliphatic rings. The molecule has 0 aromatic heterocycles. The number of anilines is 2. The van der Waals surface area contributed by atoms with Gasteiger partial charge in [-0.15, -0.1) is 0 Å². The van der Waals surface area contributed by atoms with Crippen molar-refractivity contribution in [3.05, 3.63) is 23.8 Å². The highest BCUT2D eigenvalue weighted by atomic mass is 15.1. The highest BCUT2D eigenvalue weighted by Crippen LogP contribution is 2.19. The molecular weight excluding hydrogens is 248 g/mol. The minimum absolute atomic E-state index is 0.363. The lowest BCUT2D eigenvalue weighted by atomic mass is 10.1. The summed E-state index contributed by atoms with van der Waals surface area (Å²) in [6.07, 6.45) is 4.37. The van der Waals surface area contributed by atoms with Crippen LogP contribution in [0.2, 0.25) is 0 Å². The minimum Gasteiger partial charge on any atom is -0.398 e. The first-order chi connectivity index (χ1) is 9.69. The number of nitriles is 1. The number of hydrogen-bond donors (Lipinski definition) is 2. The van der Waals surface area contributed by atoms with Gasteiger partial charge in [-0.3, -0.25) is 0 Å². The molecule has 0 aliphatic carbocycles. The third-order valence-corrected chi connectivity index (χ3v) is 3.81. The summed E-state index contributed by atoms with van der Waals surface area (Å²) in [4.78, 5) is 2.52. The van der Waals surface area contributed by atoms with Crippen LogP contribution in [-0.2, 0) is 6.42 Å². The van der Waals surface area contributed by atoms with E-state index < -0.39 is 0 Å². The van der Waals surface area contributed by atoms with Gasteiger partial charge in [0.25, 0.3) is 0 Å². The maximum absolute atomic E-state index is 8.80. The van der Waals surface area contributed by atoms with Crippen molar-refractivity contribution in [3.63, 3.8) is 0 Å². The van der Waals surface area contributed by atoms with Gasteiger partial charge in [0, 0.05) is 24.0 Å². The van der Waals surface area contributed by atoms with E-state index in [1.807, 2.05) is 18.2 Å². The van der Waals surface area contributed by atoms with Gasteiger partial charge in [-0.05, 0) is 56.6 Å². The van der Waals surface area contributed by atoms with Crippen molar-refractivity contribution in [1.29, 1.82) is 5.26 Å². The average molecular weight is 272 g/mol. The number of piperidine rings is 1. The average Bonchev–Trinajstić information content (AvgIpc) is 2.44. The Morgan fingerprint density at radius 3 is 2.80 bits per heavy atom. The van der Waals surface area contributed by atoms with Crippen molar-refractivity contribution in [2.24, 2.45) is 0 Å². The van der Waals surface area contributed by atoms with Gasteiger partial charge in [0.1, 0.15) is 0 Å². The fourth-order valence-electron chi connectivity index (χ4n) is 2.79. The second-order valence-electron chi connectivity index (χ2n) is 5.66. The lowest BCUT2D eigenvalue weighted by Gasteiger charge is -2.29. The van der Waals surface area contributed by atoms with Crippen LogP contribution in [0.1, 0.15) is 31.7 Å². The molecule has 1 unspecified atom stereocenters. The third kappa shape index (κ3) is 4.14. The maximum Gasteiger partial charge on any atom is 0.0670 e. The lowest BCUT2D eigenvalue weighted by molar-refractivity contribution is 0.223. The molecule has 1 aromatic rings. The van der Waals surface area contributed by atoms with Crippen LogP contribution < -0.4 is 11.1 Å². The highest BCUT2D eigenvalue weighted by Gasteiger charge is 2.13. The Bertz CT molecular complexity index is 472. The van der Waals surface area contributed by atoms with E-state index in [-0.39, 0.29) is 0 Å². The quantitative estimate of drug-likeness (QED) is 0.809. The molecule has 1 aromatic carbocycles. The topological polar surface area (TPSA) is 65.1 Å². The molecule has 0 bridgehead atoms. The molecule has 1 saturated heterocycles. The molecule has 108 valence electrons. The molecule has 3 N–H and O–H groups in total. The second-order valence-corrected chi connectivity index (χ2v) is 5.66. The number of nitrogens with two attached hydrogens (primary N) is 1. The Morgan fingerprint density at radius 1 is 1.35 bits per heavy atom. The Labute approximate surface area is 121 Å². The van der Waals surface area contributed by atoms with Gasteiger partial charge in [0.05, 0.1) is 12.5 Å². The van der Waals surface area contributed by atoms with Crippen LogP contribution in [-0.4, -0.2) is 30.6 Å². The van der Waals surface area contributed by atoms with Crippen LogP contribution in [0.25, 0.3) is 0 Å².